The smallest absolute Gasteiger partial charge is 0.242 e. The van der Waals surface area contributed by atoms with Gasteiger partial charge in [-0.2, -0.15) is 0 Å². The maximum absolute atomic E-state index is 5.90. The summed E-state index contributed by atoms with van der Waals surface area (Å²) in [7, 11) is 0. The minimum Gasteiger partial charge on any atom is -0.437 e. The summed E-state index contributed by atoms with van der Waals surface area (Å²) in [6, 6.07) is 8.02. The first-order chi connectivity index (χ1) is 9.26. The van der Waals surface area contributed by atoms with Crippen molar-refractivity contribution in [1.82, 2.24) is 9.97 Å². The molecule has 0 fully saturated rings. The molecular formula is C15H19N3O. The molecule has 1 atom stereocenters. The molecule has 1 heterocycles. The van der Waals surface area contributed by atoms with Crippen LogP contribution in [-0.4, -0.2) is 9.97 Å². The van der Waals surface area contributed by atoms with E-state index >= 15 is 0 Å². The Balaban J connectivity index is 2.33. The predicted octanol–water partition coefficient (Wildman–Crippen LogP) is 3.24. The van der Waals surface area contributed by atoms with Crippen molar-refractivity contribution < 1.29 is 4.74 Å². The molecule has 0 aliphatic rings. The van der Waals surface area contributed by atoms with Gasteiger partial charge in [0.05, 0.1) is 0 Å². The molecule has 2 rings (SSSR count). The number of hydrogen-bond acceptors (Lipinski definition) is 4. The average molecular weight is 257 g/mol. The van der Waals surface area contributed by atoms with Gasteiger partial charge in [-0.05, 0) is 24.0 Å². The summed E-state index contributed by atoms with van der Waals surface area (Å²) >= 11 is 0. The summed E-state index contributed by atoms with van der Waals surface area (Å²) in [5, 5.41) is 0. The zero-order valence-electron chi connectivity index (χ0n) is 11.3. The normalized spacial score (nSPS) is 12.2. The molecule has 0 bridgehead atoms. The summed E-state index contributed by atoms with van der Waals surface area (Å²) in [5.41, 5.74) is 7.49. The topological polar surface area (TPSA) is 61.0 Å². The van der Waals surface area contributed by atoms with Crippen molar-refractivity contribution in [3.05, 3.63) is 47.9 Å². The van der Waals surface area contributed by atoms with Crippen LogP contribution in [0.4, 0.5) is 0 Å². The molecular weight excluding hydrogens is 238 g/mol. The molecule has 2 N–H and O–H groups in total. The number of nitrogens with two attached hydrogens (primary N) is 1. The molecule has 100 valence electrons. The van der Waals surface area contributed by atoms with Crippen LogP contribution in [0, 0.1) is 0 Å². The van der Waals surface area contributed by atoms with Crippen LogP contribution in [0.25, 0.3) is 0 Å². The van der Waals surface area contributed by atoms with E-state index in [2.05, 4.69) is 29.9 Å². The van der Waals surface area contributed by atoms with Crippen molar-refractivity contribution >= 4 is 0 Å². The lowest BCUT2D eigenvalue weighted by molar-refractivity contribution is 0.442. The number of ether oxygens (including phenoxy) is 1. The first-order valence-corrected chi connectivity index (χ1v) is 6.53. The SMILES string of the molecule is CCC(C)c1ccccc1Oc1nccnc1CN. The number of rotatable bonds is 5. The van der Waals surface area contributed by atoms with E-state index in [1.807, 2.05) is 18.2 Å². The van der Waals surface area contributed by atoms with Crippen LogP contribution in [0.2, 0.25) is 0 Å². The molecule has 0 amide bonds. The monoisotopic (exact) mass is 257 g/mol. The highest BCUT2D eigenvalue weighted by molar-refractivity contribution is 5.39. The Morgan fingerprint density at radius 1 is 1.21 bits per heavy atom. The molecule has 0 radical (unpaired) electrons. The minimum atomic E-state index is 0.314. The molecule has 1 aromatic carbocycles. The van der Waals surface area contributed by atoms with Gasteiger partial charge in [0, 0.05) is 18.9 Å². The summed E-state index contributed by atoms with van der Waals surface area (Å²) in [6.07, 6.45) is 4.29. The molecule has 4 heteroatoms. The highest BCUT2D eigenvalue weighted by Gasteiger charge is 2.12. The van der Waals surface area contributed by atoms with E-state index in [-0.39, 0.29) is 0 Å². The van der Waals surface area contributed by atoms with Crippen molar-refractivity contribution in [1.29, 1.82) is 0 Å². The summed E-state index contributed by atoms with van der Waals surface area (Å²) in [4.78, 5) is 8.38. The second-order valence-corrected chi connectivity index (χ2v) is 4.46. The van der Waals surface area contributed by atoms with Crippen LogP contribution in [0.5, 0.6) is 11.6 Å². The Labute approximate surface area is 113 Å². The van der Waals surface area contributed by atoms with Gasteiger partial charge in [-0.3, -0.25) is 4.98 Å². The Morgan fingerprint density at radius 3 is 2.68 bits per heavy atom. The van der Waals surface area contributed by atoms with Crippen LogP contribution in [0.1, 0.15) is 37.4 Å². The van der Waals surface area contributed by atoms with Crippen LogP contribution in [0.3, 0.4) is 0 Å². The Morgan fingerprint density at radius 2 is 1.95 bits per heavy atom. The average Bonchev–Trinajstić information content (AvgIpc) is 2.47. The maximum atomic E-state index is 5.90. The van der Waals surface area contributed by atoms with Crippen molar-refractivity contribution in [2.24, 2.45) is 5.73 Å². The Bertz CT molecular complexity index is 542. The lowest BCUT2D eigenvalue weighted by Gasteiger charge is -2.15. The third kappa shape index (κ3) is 3.09. The van der Waals surface area contributed by atoms with E-state index in [0.717, 1.165) is 12.2 Å². The quantitative estimate of drug-likeness (QED) is 0.893. The Hall–Kier alpha value is -1.94. The van der Waals surface area contributed by atoms with Gasteiger partial charge in [0.15, 0.2) is 0 Å². The molecule has 19 heavy (non-hydrogen) atoms. The van der Waals surface area contributed by atoms with Gasteiger partial charge in [0.1, 0.15) is 11.4 Å². The van der Waals surface area contributed by atoms with E-state index in [9.17, 15) is 0 Å². The first kappa shape index (κ1) is 13.5. The van der Waals surface area contributed by atoms with Gasteiger partial charge in [0.25, 0.3) is 0 Å². The largest absolute Gasteiger partial charge is 0.437 e. The van der Waals surface area contributed by atoms with Gasteiger partial charge < -0.3 is 10.5 Å². The third-order valence-electron chi connectivity index (χ3n) is 3.20. The van der Waals surface area contributed by atoms with Crippen LogP contribution < -0.4 is 10.5 Å². The predicted molar refractivity (Wildman–Crippen MR) is 75.1 cm³/mol. The van der Waals surface area contributed by atoms with E-state index < -0.39 is 0 Å². The van der Waals surface area contributed by atoms with E-state index in [1.54, 1.807) is 12.4 Å². The first-order valence-electron chi connectivity index (χ1n) is 6.53. The van der Waals surface area contributed by atoms with Gasteiger partial charge in [-0.15, -0.1) is 0 Å². The highest BCUT2D eigenvalue weighted by Crippen LogP contribution is 2.31. The minimum absolute atomic E-state index is 0.314. The molecule has 1 aromatic heterocycles. The Kier molecular flexibility index (Phi) is 4.47. The molecule has 0 aliphatic heterocycles. The lowest BCUT2D eigenvalue weighted by Crippen LogP contribution is -2.05. The highest BCUT2D eigenvalue weighted by atomic mass is 16.5. The fourth-order valence-electron chi connectivity index (χ4n) is 1.88. The second-order valence-electron chi connectivity index (χ2n) is 4.46. The molecule has 0 saturated heterocycles. The molecule has 0 aliphatic carbocycles. The van der Waals surface area contributed by atoms with Crippen LogP contribution in [-0.2, 0) is 6.54 Å². The molecule has 2 aromatic rings. The molecule has 4 nitrogen and oxygen atoms in total. The summed E-state index contributed by atoms with van der Waals surface area (Å²) in [5.74, 6) is 1.75. The summed E-state index contributed by atoms with van der Waals surface area (Å²) < 4.78 is 5.90. The van der Waals surface area contributed by atoms with Crippen LogP contribution >= 0.6 is 0 Å². The fraction of sp³-hybridized carbons (Fsp3) is 0.333. The lowest BCUT2D eigenvalue weighted by atomic mass is 9.98. The van der Waals surface area contributed by atoms with Gasteiger partial charge in [-0.25, -0.2) is 4.98 Å². The van der Waals surface area contributed by atoms with E-state index in [4.69, 9.17) is 10.5 Å². The van der Waals surface area contributed by atoms with E-state index in [0.29, 0.717) is 24.0 Å². The van der Waals surface area contributed by atoms with Gasteiger partial charge >= 0.3 is 0 Å². The number of benzene rings is 1. The third-order valence-corrected chi connectivity index (χ3v) is 3.20. The second kappa shape index (κ2) is 6.29. The van der Waals surface area contributed by atoms with Crippen molar-refractivity contribution in [2.45, 2.75) is 32.7 Å². The number of para-hydroxylation sites is 1. The zero-order chi connectivity index (χ0) is 13.7. The number of nitrogens with zero attached hydrogens (tertiary/aromatic N) is 2. The van der Waals surface area contributed by atoms with Crippen molar-refractivity contribution in [2.75, 3.05) is 0 Å². The standard InChI is InChI=1S/C15H19N3O/c1-3-11(2)12-6-4-5-7-14(12)19-15-13(10-16)17-8-9-18-15/h4-9,11H,3,10,16H2,1-2H3. The summed E-state index contributed by atoms with van der Waals surface area (Å²) in [6.45, 7) is 4.66. The maximum Gasteiger partial charge on any atom is 0.242 e. The number of hydrogen-bond donors (Lipinski definition) is 1. The number of aromatic nitrogens is 2. The molecule has 0 saturated carbocycles. The van der Waals surface area contributed by atoms with Gasteiger partial charge in [-0.1, -0.05) is 32.0 Å². The fourth-order valence-corrected chi connectivity index (χ4v) is 1.88. The molecule has 0 spiro atoms. The van der Waals surface area contributed by atoms with Crippen LogP contribution in [0.15, 0.2) is 36.7 Å². The zero-order valence-corrected chi connectivity index (χ0v) is 11.3. The molecule has 1 unspecified atom stereocenters. The van der Waals surface area contributed by atoms with Gasteiger partial charge in [0.2, 0.25) is 5.88 Å². The van der Waals surface area contributed by atoms with Crippen molar-refractivity contribution in [3.8, 4) is 11.6 Å². The van der Waals surface area contributed by atoms with Crippen molar-refractivity contribution in [3.63, 3.8) is 0 Å². The van der Waals surface area contributed by atoms with E-state index in [1.165, 1.54) is 5.56 Å².